The van der Waals surface area contributed by atoms with Gasteiger partial charge in [-0.05, 0) is 36.3 Å². The van der Waals surface area contributed by atoms with Gasteiger partial charge in [-0.1, -0.05) is 24.3 Å². The van der Waals surface area contributed by atoms with Gasteiger partial charge in [0, 0.05) is 52.6 Å². The van der Waals surface area contributed by atoms with Crippen molar-refractivity contribution >= 4 is 17.8 Å². The number of primary amides is 1. The minimum Gasteiger partial charge on any atom is -0.370 e. The van der Waals surface area contributed by atoms with E-state index in [4.69, 9.17) is 5.73 Å². The van der Waals surface area contributed by atoms with Crippen molar-refractivity contribution in [2.24, 2.45) is 16.6 Å². The van der Waals surface area contributed by atoms with Crippen LogP contribution in [-0.2, 0) is 22.7 Å². The zero-order valence-electron chi connectivity index (χ0n) is 16.7. The molecule has 1 saturated heterocycles. The van der Waals surface area contributed by atoms with Crippen LogP contribution in [-0.4, -0.2) is 54.3 Å². The van der Waals surface area contributed by atoms with E-state index in [1.165, 1.54) is 11.1 Å². The van der Waals surface area contributed by atoms with Crippen molar-refractivity contribution in [3.8, 4) is 0 Å². The molecule has 0 aliphatic carbocycles. The molecule has 2 aliphatic heterocycles. The number of carbonyl (C=O) groups excluding carboxylic acids is 2. The largest absolute Gasteiger partial charge is 0.370 e. The maximum atomic E-state index is 12.5. The summed E-state index contributed by atoms with van der Waals surface area (Å²) in [7, 11) is 1.77. The Labute approximate surface area is 167 Å². The molecular weight excluding hydrogens is 354 g/mol. The first-order chi connectivity index (χ1) is 13.6. The van der Waals surface area contributed by atoms with Crippen LogP contribution in [0.2, 0.25) is 0 Å². The normalized spacial score (nSPS) is 19.5. The van der Waals surface area contributed by atoms with Crippen molar-refractivity contribution in [1.29, 1.82) is 0 Å². The molecule has 0 aromatic heterocycles. The van der Waals surface area contributed by atoms with Crippen molar-refractivity contribution in [1.82, 2.24) is 15.1 Å². The number of nitrogens with one attached hydrogen (secondary N) is 1. The van der Waals surface area contributed by atoms with Crippen LogP contribution in [0.4, 0.5) is 0 Å². The Kier molecular flexibility index (Phi) is 6.90. The van der Waals surface area contributed by atoms with Gasteiger partial charge in [0.05, 0.1) is 0 Å². The zero-order chi connectivity index (χ0) is 19.9. The Bertz CT molecular complexity index is 708. The first-order valence-corrected chi connectivity index (χ1v) is 10.1. The van der Waals surface area contributed by atoms with Gasteiger partial charge in [0.15, 0.2) is 5.96 Å². The van der Waals surface area contributed by atoms with E-state index in [0.29, 0.717) is 25.3 Å². The third kappa shape index (κ3) is 5.24. The average Bonchev–Trinajstić information content (AvgIpc) is 3.12. The standard InChI is InChI=1S/C21H31N5O2/c1-23-21(25-11-5-6-16(13-25)12-19(22)27)24-10-4-9-20(28)26-14-17-7-2-3-8-18(17)15-26/h2-3,7-8,16H,4-6,9-15H2,1H3,(H2,22,27)(H,23,24). The molecule has 1 fully saturated rings. The molecule has 152 valence electrons. The number of rotatable bonds is 6. The highest BCUT2D eigenvalue weighted by Gasteiger charge is 2.24. The van der Waals surface area contributed by atoms with E-state index in [9.17, 15) is 9.59 Å². The summed E-state index contributed by atoms with van der Waals surface area (Å²) in [6, 6.07) is 8.24. The molecule has 7 nitrogen and oxygen atoms in total. The van der Waals surface area contributed by atoms with Gasteiger partial charge >= 0.3 is 0 Å². The number of aliphatic imine (C=N–C) groups is 1. The van der Waals surface area contributed by atoms with Crippen LogP contribution in [0.15, 0.2) is 29.3 Å². The first-order valence-electron chi connectivity index (χ1n) is 10.1. The fourth-order valence-corrected chi connectivity index (χ4v) is 4.15. The van der Waals surface area contributed by atoms with E-state index in [-0.39, 0.29) is 11.8 Å². The van der Waals surface area contributed by atoms with Gasteiger partial charge in [0.25, 0.3) is 0 Å². The molecule has 0 bridgehead atoms. The molecule has 0 saturated carbocycles. The lowest BCUT2D eigenvalue weighted by Gasteiger charge is -2.34. The fraction of sp³-hybridized carbons (Fsp3) is 0.571. The number of hydrogen-bond acceptors (Lipinski definition) is 3. The number of guanidine groups is 1. The molecule has 7 heteroatoms. The Hall–Kier alpha value is -2.57. The Morgan fingerprint density at radius 2 is 1.93 bits per heavy atom. The number of amides is 2. The van der Waals surface area contributed by atoms with Gasteiger partial charge in [0.1, 0.15) is 0 Å². The highest BCUT2D eigenvalue weighted by molar-refractivity contribution is 5.80. The smallest absolute Gasteiger partial charge is 0.223 e. The highest BCUT2D eigenvalue weighted by atomic mass is 16.2. The third-order valence-electron chi connectivity index (χ3n) is 5.56. The molecule has 3 N–H and O–H groups in total. The van der Waals surface area contributed by atoms with Gasteiger partial charge in [-0.2, -0.15) is 0 Å². The first kappa shape index (κ1) is 20.2. The van der Waals surface area contributed by atoms with E-state index < -0.39 is 0 Å². The number of benzene rings is 1. The van der Waals surface area contributed by atoms with Crippen molar-refractivity contribution in [2.75, 3.05) is 26.7 Å². The molecule has 2 heterocycles. The number of piperidine rings is 1. The quantitative estimate of drug-likeness (QED) is 0.441. The lowest BCUT2D eigenvalue weighted by atomic mass is 9.95. The van der Waals surface area contributed by atoms with E-state index in [0.717, 1.165) is 51.4 Å². The minimum absolute atomic E-state index is 0.201. The van der Waals surface area contributed by atoms with Crippen LogP contribution in [0.1, 0.15) is 43.2 Å². The molecule has 2 amide bonds. The Balaban J connectivity index is 1.39. The number of nitrogens with zero attached hydrogens (tertiary/aromatic N) is 3. The SMILES string of the molecule is CN=C(NCCCC(=O)N1Cc2ccccc2C1)N1CCCC(CC(N)=O)C1. The molecule has 0 radical (unpaired) electrons. The van der Waals surface area contributed by atoms with Crippen molar-refractivity contribution in [3.63, 3.8) is 0 Å². The second kappa shape index (κ2) is 9.57. The lowest BCUT2D eigenvalue weighted by Crippen LogP contribution is -2.47. The molecule has 2 aliphatic rings. The minimum atomic E-state index is -0.239. The number of likely N-dealkylation sites (tertiary alicyclic amines) is 1. The lowest BCUT2D eigenvalue weighted by molar-refractivity contribution is -0.131. The molecule has 1 unspecified atom stereocenters. The summed E-state index contributed by atoms with van der Waals surface area (Å²) in [6.07, 6.45) is 3.79. The molecule has 28 heavy (non-hydrogen) atoms. The molecular formula is C21H31N5O2. The summed E-state index contributed by atoms with van der Waals surface area (Å²) in [6.45, 7) is 3.88. The molecule has 1 aromatic carbocycles. The third-order valence-corrected chi connectivity index (χ3v) is 5.56. The second-order valence-corrected chi connectivity index (χ2v) is 7.72. The van der Waals surface area contributed by atoms with E-state index in [1.54, 1.807) is 7.05 Å². The van der Waals surface area contributed by atoms with Crippen LogP contribution in [0, 0.1) is 5.92 Å². The van der Waals surface area contributed by atoms with Crippen LogP contribution >= 0.6 is 0 Å². The van der Waals surface area contributed by atoms with Crippen molar-refractivity contribution < 1.29 is 9.59 Å². The fourth-order valence-electron chi connectivity index (χ4n) is 4.15. The van der Waals surface area contributed by atoms with Crippen LogP contribution < -0.4 is 11.1 Å². The van der Waals surface area contributed by atoms with Crippen LogP contribution in [0.3, 0.4) is 0 Å². The van der Waals surface area contributed by atoms with Gasteiger partial charge in [-0.15, -0.1) is 0 Å². The van der Waals surface area contributed by atoms with Crippen LogP contribution in [0.25, 0.3) is 0 Å². The maximum absolute atomic E-state index is 12.5. The summed E-state index contributed by atoms with van der Waals surface area (Å²) < 4.78 is 0. The summed E-state index contributed by atoms with van der Waals surface area (Å²) in [5.74, 6) is 1.10. The van der Waals surface area contributed by atoms with E-state index >= 15 is 0 Å². The predicted molar refractivity (Wildman–Crippen MR) is 109 cm³/mol. The zero-order valence-corrected chi connectivity index (χ0v) is 16.7. The molecule has 0 spiro atoms. The Morgan fingerprint density at radius 1 is 1.21 bits per heavy atom. The average molecular weight is 386 g/mol. The summed E-state index contributed by atoms with van der Waals surface area (Å²) in [5, 5.41) is 3.37. The molecule has 3 rings (SSSR count). The number of hydrogen-bond donors (Lipinski definition) is 2. The van der Waals surface area contributed by atoms with Crippen LogP contribution in [0.5, 0.6) is 0 Å². The van der Waals surface area contributed by atoms with Crippen molar-refractivity contribution in [2.45, 2.75) is 45.2 Å². The second-order valence-electron chi connectivity index (χ2n) is 7.72. The maximum Gasteiger partial charge on any atom is 0.223 e. The molecule has 1 atom stereocenters. The highest BCUT2D eigenvalue weighted by Crippen LogP contribution is 2.23. The monoisotopic (exact) mass is 385 g/mol. The van der Waals surface area contributed by atoms with Gasteiger partial charge in [-0.25, -0.2) is 0 Å². The van der Waals surface area contributed by atoms with Gasteiger partial charge in [-0.3, -0.25) is 14.6 Å². The number of nitrogens with two attached hydrogens (primary N) is 1. The van der Waals surface area contributed by atoms with E-state index in [2.05, 4.69) is 27.3 Å². The van der Waals surface area contributed by atoms with E-state index in [1.807, 2.05) is 17.0 Å². The summed E-state index contributed by atoms with van der Waals surface area (Å²) in [4.78, 5) is 32.2. The number of carbonyl (C=O) groups is 2. The summed E-state index contributed by atoms with van der Waals surface area (Å²) >= 11 is 0. The topological polar surface area (TPSA) is 91.0 Å². The van der Waals surface area contributed by atoms with Gasteiger partial charge < -0.3 is 20.9 Å². The Morgan fingerprint density at radius 3 is 2.57 bits per heavy atom. The summed E-state index contributed by atoms with van der Waals surface area (Å²) in [5.41, 5.74) is 7.85. The van der Waals surface area contributed by atoms with Crippen molar-refractivity contribution in [3.05, 3.63) is 35.4 Å². The van der Waals surface area contributed by atoms with Gasteiger partial charge in [0.2, 0.25) is 11.8 Å². The predicted octanol–water partition coefficient (Wildman–Crippen LogP) is 1.47. The number of fused-ring (bicyclic) bond motifs is 1. The molecule has 1 aromatic rings.